The zero-order valence-corrected chi connectivity index (χ0v) is 13.1. The highest BCUT2D eigenvalue weighted by Gasteiger charge is 2.10. The summed E-state index contributed by atoms with van der Waals surface area (Å²) in [4.78, 5) is 0. The molecular formula is C18H15BrN2. The van der Waals surface area contributed by atoms with E-state index in [1.165, 1.54) is 22.0 Å². The maximum atomic E-state index is 2.25. The molecule has 0 saturated heterocycles. The highest BCUT2D eigenvalue weighted by Crippen LogP contribution is 2.15. The van der Waals surface area contributed by atoms with Gasteiger partial charge in [-0.25, -0.2) is 4.57 Å². The fraction of sp³-hybridized carbons (Fsp3) is 0.0556. The van der Waals surface area contributed by atoms with E-state index in [4.69, 9.17) is 0 Å². The van der Waals surface area contributed by atoms with E-state index in [1.807, 2.05) is 0 Å². The molecule has 3 heteroatoms. The molecule has 0 aliphatic heterocycles. The van der Waals surface area contributed by atoms with Gasteiger partial charge in [-0.3, -0.25) is 0 Å². The maximum Gasteiger partial charge on any atom is 0.249 e. The van der Waals surface area contributed by atoms with Gasteiger partial charge in [-0.2, -0.15) is 4.40 Å². The molecule has 2 heterocycles. The Morgan fingerprint density at radius 2 is 1.57 bits per heavy atom. The van der Waals surface area contributed by atoms with Crippen molar-refractivity contribution in [2.24, 2.45) is 0 Å². The summed E-state index contributed by atoms with van der Waals surface area (Å²) < 4.78 is 4.48. The number of halogens is 1. The van der Waals surface area contributed by atoms with E-state index in [-0.39, 0.29) is 17.0 Å². The molecule has 0 fully saturated rings. The Balaban J connectivity index is 0.00000132. The molecule has 2 nitrogen and oxygen atoms in total. The van der Waals surface area contributed by atoms with Crippen molar-refractivity contribution in [1.82, 2.24) is 4.40 Å². The van der Waals surface area contributed by atoms with Gasteiger partial charge in [0.1, 0.15) is 18.3 Å². The van der Waals surface area contributed by atoms with Gasteiger partial charge in [-0.15, -0.1) is 0 Å². The lowest BCUT2D eigenvalue weighted by Crippen LogP contribution is -3.00. The molecule has 0 atom stereocenters. The van der Waals surface area contributed by atoms with Crippen LogP contribution in [0, 0.1) is 0 Å². The minimum atomic E-state index is 0. The number of imidazole rings is 1. The first-order chi connectivity index (χ1) is 9.90. The highest BCUT2D eigenvalue weighted by molar-refractivity contribution is 5.82. The Labute approximate surface area is 134 Å². The number of benzene rings is 2. The molecule has 0 bridgehead atoms. The van der Waals surface area contributed by atoms with Crippen molar-refractivity contribution in [2.45, 2.75) is 6.54 Å². The highest BCUT2D eigenvalue weighted by atomic mass is 79.9. The zero-order chi connectivity index (χ0) is 13.4. The van der Waals surface area contributed by atoms with Crippen molar-refractivity contribution < 1.29 is 21.5 Å². The second kappa shape index (κ2) is 5.70. The first-order valence-electron chi connectivity index (χ1n) is 6.83. The number of fused-ring (bicyclic) bond motifs is 3. The SMILES string of the molecule is [Br-].c1ccc(C[n+]2cc3ccc4ccccc4n3c2)cc1. The van der Waals surface area contributed by atoms with E-state index in [0.29, 0.717) is 0 Å². The Hall–Kier alpha value is -2.13. The van der Waals surface area contributed by atoms with Crippen molar-refractivity contribution in [3.8, 4) is 0 Å². The largest absolute Gasteiger partial charge is 1.00 e. The monoisotopic (exact) mass is 338 g/mol. The third-order valence-corrected chi connectivity index (χ3v) is 3.68. The zero-order valence-electron chi connectivity index (χ0n) is 11.5. The summed E-state index contributed by atoms with van der Waals surface area (Å²) in [6, 6.07) is 23.4. The molecular weight excluding hydrogens is 324 g/mol. The van der Waals surface area contributed by atoms with Crippen LogP contribution in [-0.4, -0.2) is 4.40 Å². The third-order valence-electron chi connectivity index (χ3n) is 3.68. The van der Waals surface area contributed by atoms with Crippen LogP contribution in [0.2, 0.25) is 0 Å². The molecule has 0 aliphatic carbocycles. The van der Waals surface area contributed by atoms with Gasteiger partial charge >= 0.3 is 0 Å². The molecule has 21 heavy (non-hydrogen) atoms. The number of rotatable bonds is 2. The van der Waals surface area contributed by atoms with Crippen LogP contribution >= 0.6 is 0 Å². The molecule has 104 valence electrons. The van der Waals surface area contributed by atoms with Gasteiger partial charge in [0, 0.05) is 5.39 Å². The van der Waals surface area contributed by atoms with Crippen molar-refractivity contribution in [3.05, 3.63) is 84.8 Å². The van der Waals surface area contributed by atoms with E-state index in [2.05, 4.69) is 88.2 Å². The van der Waals surface area contributed by atoms with Crippen LogP contribution in [-0.2, 0) is 6.54 Å². The average Bonchev–Trinajstić information content (AvgIpc) is 2.91. The molecule has 4 aromatic rings. The van der Waals surface area contributed by atoms with Gasteiger partial charge in [-0.05, 0) is 23.8 Å². The molecule has 0 spiro atoms. The Morgan fingerprint density at radius 3 is 2.43 bits per heavy atom. The molecule has 4 rings (SSSR count). The maximum absolute atomic E-state index is 2.25. The van der Waals surface area contributed by atoms with E-state index < -0.39 is 0 Å². The summed E-state index contributed by atoms with van der Waals surface area (Å²) in [5.74, 6) is 0. The fourth-order valence-electron chi connectivity index (χ4n) is 2.71. The van der Waals surface area contributed by atoms with Gasteiger partial charge in [0.15, 0.2) is 5.52 Å². The van der Waals surface area contributed by atoms with Gasteiger partial charge in [0.25, 0.3) is 0 Å². The Bertz CT molecular complexity index is 881. The standard InChI is InChI=1S/C18H15N2.BrH/c1-2-6-15(7-3-1)12-19-13-17-11-10-16-8-4-5-9-18(16)20(17)14-19;/h1-11,13-14H,12H2;1H/q+1;/p-1. The van der Waals surface area contributed by atoms with Crippen LogP contribution < -0.4 is 21.5 Å². The number of hydrogen-bond donors (Lipinski definition) is 0. The van der Waals surface area contributed by atoms with E-state index in [1.54, 1.807) is 0 Å². The minimum Gasteiger partial charge on any atom is -1.00 e. The predicted molar refractivity (Wildman–Crippen MR) is 80.6 cm³/mol. The summed E-state index contributed by atoms with van der Waals surface area (Å²) in [6.45, 7) is 0.900. The third kappa shape index (κ3) is 2.57. The number of pyridine rings is 1. The van der Waals surface area contributed by atoms with Crippen molar-refractivity contribution in [1.29, 1.82) is 0 Å². The predicted octanol–water partition coefficient (Wildman–Crippen LogP) is 0.432. The molecule has 0 unspecified atom stereocenters. The number of aromatic nitrogens is 2. The lowest BCUT2D eigenvalue weighted by Gasteiger charge is -1.96. The molecule has 0 radical (unpaired) electrons. The van der Waals surface area contributed by atoms with Gasteiger partial charge in [0.05, 0.1) is 0 Å². The van der Waals surface area contributed by atoms with Crippen molar-refractivity contribution >= 4 is 16.4 Å². The summed E-state index contributed by atoms with van der Waals surface area (Å²) in [7, 11) is 0. The number of para-hydroxylation sites is 1. The summed E-state index contributed by atoms with van der Waals surface area (Å²) in [5, 5.41) is 1.27. The number of hydrogen-bond acceptors (Lipinski definition) is 0. The molecule has 2 aromatic carbocycles. The van der Waals surface area contributed by atoms with Gasteiger partial charge < -0.3 is 17.0 Å². The Kier molecular flexibility index (Phi) is 3.76. The van der Waals surface area contributed by atoms with Crippen LogP contribution in [0.3, 0.4) is 0 Å². The minimum absolute atomic E-state index is 0. The topological polar surface area (TPSA) is 8.29 Å². The fourth-order valence-corrected chi connectivity index (χ4v) is 2.71. The van der Waals surface area contributed by atoms with Crippen LogP contribution in [0.15, 0.2) is 79.3 Å². The first kappa shape index (κ1) is 13.8. The molecule has 2 aromatic heterocycles. The van der Waals surface area contributed by atoms with Crippen LogP contribution in [0.5, 0.6) is 0 Å². The number of nitrogens with zero attached hydrogens (tertiary/aromatic N) is 2. The smallest absolute Gasteiger partial charge is 0.249 e. The Morgan fingerprint density at radius 1 is 0.810 bits per heavy atom. The quantitative estimate of drug-likeness (QED) is 0.468. The molecule has 0 amide bonds. The van der Waals surface area contributed by atoms with Crippen molar-refractivity contribution in [3.63, 3.8) is 0 Å². The van der Waals surface area contributed by atoms with Gasteiger partial charge in [0.2, 0.25) is 6.33 Å². The van der Waals surface area contributed by atoms with Crippen LogP contribution in [0.1, 0.15) is 5.56 Å². The van der Waals surface area contributed by atoms with Crippen LogP contribution in [0.4, 0.5) is 0 Å². The molecule has 0 aliphatic rings. The van der Waals surface area contributed by atoms with Crippen LogP contribution in [0.25, 0.3) is 16.4 Å². The lowest BCUT2D eigenvalue weighted by atomic mass is 10.2. The van der Waals surface area contributed by atoms with E-state index in [9.17, 15) is 0 Å². The normalized spacial score (nSPS) is 10.7. The first-order valence-corrected chi connectivity index (χ1v) is 6.83. The van der Waals surface area contributed by atoms with E-state index in [0.717, 1.165) is 6.54 Å². The average molecular weight is 339 g/mol. The molecule has 0 saturated carbocycles. The van der Waals surface area contributed by atoms with E-state index >= 15 is 0 Å². The molecule has 0 N–H and O–H groups in total. The summed E-state index contributed by atoms with van der Waals surface area (Å²) in [6.07, 6.45) is 4.37. The van der Waals surface area contributed by atoms with Gasteiger partial charge in [-0.1, -0.05) is 48.5 Å². The lowest BCUT2D eigenvalue weighted by molar-refractivity contribution is -0.686. The summed E-state index contributed by atoms with van der Waals surface area (Å²) in [5.41, 5.74) is 3.79. The summed E-state index contributed by atoms with van der Waals surface area (Å²) >= 11 is 0. The van der Waals surface area contributed by atoms with Crippen molar-refractivity contribution in [2.75, 3.05) is 0 Å². The second-order valence-electron chi connectivity index (χ2n) is 5.09. The second-order valence-corrected chi connectivity index (χ2v) is 5.09.